The molecular weight excluding hydrogens is 296 g/mol. The molecule has 0 bridgehead atoms. The Kier molecular flexibility index (Phi) is 4.27. The molecule has 0 radical (unpaired) electrons. The Balaban J connectivity index is 2.62. The van der Waals surface area contributed by atoms with Crippen LogP contribution in [-0.2, 0) is 0 Å². The first-order valence-corrected chi connectivity index (χ1v) is 5.88. The molecule has 2 rings (SSSR count). The smallest absolute Gasteiger partial charge is 0.142 e. The first-order valence-electron chi connectivity index (χ1n) is 5.50. The van der Waals surface area contributed by atoms with E-state index < -0.39 is 39.9 Å². The SMILES string of the molecule is NNC(c1cc(F)c(Cl)cc1F)c1c(F)cccc1F. The van der Waals surface area contributed by atoms with E-state index in [2.05, 4.69) is 5.43 Å². The molecule has 1 atom stereocenters. The standard InChI is InChI=1S/C13H9ClF4N2/c14-7-5-10(17)6(4-11(7)18)13(20-19)12-8(15)2-1-3-9(12)16/h1-5,13,20H,19H2. The second-order valence-electron chi connectivity index (χ2n) is 4.02. The Morgan fingerprint density at radius 1 is 0.950 bits per heavy atom. The van der Waals surface area contributed by atoms with Gasteiger partial charge in [0, 0.05) is 11.1 Å². The zero-order valence-electron chi connectivity index (χ0n) is 9.93. The molecule has 1 unspecified atom stereocenters. The van der Waals surface area contributed by atoms with Crippen molar-refractivity contribution in [1.82, 2.24) is 5.43 Å². The Morgan fingerprint density at radius 2 is 1.55 bits per heavy atom. The lowest BCUT2D eigenvalue weighted by molar-refractivity contribution is 0.491. The molecule has 0 fully saturated rings. The molecule has 0 aromatic heterocycles. The van der Waals surface area contributed by atoms with E-state index in [1.807, 2.05) is 0 Å². The Labute approximate surface area is 117 Å². The molecule has 0 heterocycles. The largest absolute Gasteiger partial charge is 0.271 e. The lowest BCUT2D eigenvalue weighted by Crippen LogP contribution is -2.31. The number of hydrogen-bond acceptors (Lipinski definition) is 2. The summed E-state index contributed by atoms with van der Waals surface area (Å²) in [5.41, 5.74) is 1.22. The van der Waals surface area contributed by atoms with E-state index in [0.29, 0.717) is 0 Å². The van der Waals surface area contributed by atoms with Crippen molar-refractivity contribution in [2.45, 2.75) is 6.04 Å². The van der Waals surface area contributed by atoms with Gasteiger partial charge in [0.25, 0.3) is 0 Å². The van der Waals surface area contributed by atoms with E-state index in [1.165, 1.54) is 0 Å². The summed E-state index contributed by atoms with van der Waals surface area (Å²) in [5.74, 6) is 1.52. The molecule has 0 spiro atoms. The van der Waals surface area contributed by atoms with Crippen LogP contribution in [0.4, 0.5) is 17.6 Å². The molecule has 2 aromatic carbocycles. The summed E-state index contributed by atoms with van der Waals surface area (Å²) >= 11 is 5.43. The van der Waals surface area contributed by atoms with Crippen LogP contribution in [-0.4, -0.2) is 0 Å². The van der Waals surface area contributed by atoms with E-state index >= 15 is 0 Å². The van der Waals surface area contributed by atoms with Gasteiger partial charge < -0.3 is 0 Å². The van der Waals surface area contributed by atoms with Crippen LogP contribution in [0.15, 0.2) is 30.3 Å². The molecule has 0 aliphatic heterocycles. The van der Waals surface area contributed by atoms with Crippen LogP contribution in [0.5, 0.6) is 0 Å². The van der Waals surface area contributed by atoms with Crippen molar-refractivity contribution in [2.24, 2.45) is 5.84 Å². The fraction of sp³-hybridized carbons (Fsp3) is 0.0769. The average Bonchev–Trinajstić information content (AvgIpc) is 2.39. The molecule has 0 aliphatic rings. The third kappa shape index (κ3) is 2.63. The number of nitrogens with one attached hydrogen (secondary N) is 1. The first kappa shape index (κ1) is 14.8. The van der Waals surface area contributed by atoms with Crippen molar-refractivity contribution < 1.29 is 17.6 Å². The van der Waals surface area contributed by atoms with Gasteiger partial charge in [0.05, 0.1) is 11.1 Å². The monoisotopic (exact) mass is 304 g/mol. The molecular formula is C13H9ClF4N2. The number of nitrogens with two attached hydrogens (primary N) is 1. The van der Waals surface area contributed by atoms with Crippen molar-refractivity contribution in [2.75, 3.05) is 0 Å². The van der Waals surface area contributed by atoms with E-state index in [0.717, 1.165) is 30.3 Å². The predicted octanol–water partition coefficient (Wildman–Crippen LogP) is 3.45. The zero-order valence-corrected chi connectivity index (χ0v) is 10.7. The van der Waals surface area contributed by atoms with Crippen molar-refractivity contribution in [1.29, 1.82) is 0 Å². The van der Waals surface area contributed by atoms with Gasteiger partial charge in [-0.3, -0.25) is 5.84 Å². The first-order chi connectivity index (χ1) is 9.45. The van der Waals surface area contributed by atoms with Gasteiger partial charge in [-0.25, -0.2) is 23.0 Å². The van der Waals surface area contributed by atoms with Crippen LogP contribution < -0.4 is 11.3 Å². The lowest BCUT2D eigenvalue weighted by Gasteiger charge is -2.19. The van der Waals surface area contributed by atoms with Crippen LogP contribution in [0.1, 0.15) is 17.2 Å². The van der Waals surface area contributed by atoms with Gasteiger partial charge in [-0.1, -0.05) is 17.7 Å². The van der Waals surface area contributed by atoms with E-state index in [4.69, 9.17) is 17.4 Å². The van der Waals surface area contributed by atoms with Gasteiger partial charge in [0.15, 0.2) is 0 Å². The maximum atomic E-state index is 13.8. The van der Waals surface area contributed by atoms with Crippen LogP contribution in [0.3, 0.4) is 0 Å². The van der Waals surface area contributed by atoms with Crippen molar-refractivity contribution in [3.63, 3.8) is 0 Å². The van der Waals surface area contributed by atoms with Gasteiger partial charge in [-0.15, -0.1) is 0 Å². The summed E-state index contributed by atoms with van der Waals surface area (Å²) in [4.78, 5) is 0. The fourth-order valence-corrected chi connectivity index (χ4v) is 2.02. The molecule has 106 valence electrons. The fourth-order valence-electron chi connectivity index (χ4n) is 1.87. The third-order valence-electron chi connectivity index (χ3n) is 2.81. The van der Waals surface area contributed by atoms with E-state index in [-0.39, 0.29) is 5.56 Å². The van der Waals surface area contributed by atoms with Crippen LogP contribution in [0, 0.1) is 23.3 Å². The van der Waals surface area contributed by atoms with Crippen LogP contribution in [0.2, 0.25) is 5.02 Å². The van der Waals surface area contributed by atoms with Gasteiger partial charge >= 0.3 is 0 Å². The van der Waals surface area contributed by atoms with E-state index in [9.17, 15) is 17.6 Å². The Morgan fingerprint density at radius 3 is 2.10 bits per heavy atom. The highest BCUT2D eigenvalue weighted by molar-refractivity contribution is 6.30. The summed E-state index contributed by atoms with van der Waals surface area (Å²) in [6, 6.07) is 3.21. The molecule has 0 amide bonds. The molecule has 20 heavy (non-hydrogen) atoms. The highest BCUT2D eigenvalue weighted by Gasteiger charge is 2.24. The van der Waals surface area contributed by atoms with Gasteiger partial charge in [-0.05, 0) is 24.3 Å². The normalized spacial score (nSPS) is 12.5. The Hall–Kier alpha value is -1.63. The number of hydrazine groups is 1. The maximum Gasteiger partial charge on any atom is 0.142 e. The molecule has 0 saturated heterocycles. The number of halogens is 5. The number of rotatable bonds is 3. The average molecular weight is 305 g/mol. The van der Waals surface area contributed by atoms with Crippen LogP contribution in [0.25, 0.3) is 0 Å². The van der Waals surface area contributed by atoms with Gasteiger partial charge in [0.2, 0.25) is 0 Å². The van der Waals surface area contributed by atoms with Crippen molar-refractivity contribution in [3.05, 3.63) is 69.8 Å². The minimum atomic E-state index is -1.39. The van der Waals surface area contributed by atoms with E-state index in [1.54, 1.807) is 0 Å². The second-order valence-corrected chi connectivity index (χ2v) is 4.43. The lowest BCUT2D eigenvalue weighted by atomic mass is 9.97. The number of benzene rings is 2. The predicted molar refractivity (Wildman–Crippen MR) is 66.9 cm³/mol. The van der Waals surface area contributed by atoms with Gasteiger partial charge in [0.1, 0.15) is 23.3 Å². The molecule has 2 aromatic rings. The zero-order chi connectivity index (χ0) is 14.9. The van der Waals surface area contributed by atoms with Crippen LogP contribution >= 0.6 is 11.6 Å². The molecule has 3 N–H and O–H groups in total. The topological polar surface area (TPSA) is 38.0 Å². The summed E-state index contributed by atoms with van der Waals surface area (Å²) in [6.45, 7) is 0. The molecule has 0 aliphatic carbocycles. The molecule has 2 nitrogen and oxygen atoms in total. The second kappa shape index (κ2) is 5.78. The Bertz CT molecular complexity index is 628. The minimum absolute atomic E-state index is 0.349. The minimum Gasteiger partial charge on any atom is -0.271 e. The molecule has 0 saturated carbocycles. The summed E-state index contributed by atoms with van der Waals surface area (Å²) in [5, 5.41) is -0.434. The summed E-state index contributed by atoms with van der Waals surface area (Å²) in [6.07, 6.45) is 0. The highest BCUT2D eigenvalue weighted by Crippen LogP contribution is 2.30. The summed E-state index contributed by atoms with van der Waals surface area (Å²) in [7, 11) is 0. The maximum absolute atomic E-state index is 13.8. The highest BCUT2D eigenvalue weighted by atomic mass is 35.5. The van der Waals surface area contributed by atoms with Gasteiger partial charge in [-0.2, -0.15) is 0 Å². The van der Waals surface area contributed by atoms with Crippen molar-refractivity contribution >= 4 is 11.6 Å². The molecule has 7 heteroatoms. The van der Waals surface area contributed by atoms with Crippen molar-refractivity contribution in [3.8, 4) is 0 Å². The summed E-state index contributed by atoms with van der Waals surface area (Å²) < 4.78 is 54.7. The third-order valence-corrected chi connectivity index (χ3v) is 3.10. The quantitative estimate of drug-likeness (QED) is 0.394. The number of hydrogen-bond donors (Lipinski definition) is 2.